The SMILES string of the molecule is CC[C@H](C)NC(=O)[C@H](Cc1ccccc1)N(Cc1ccc(Br)cc1)C(=O)CN(c1cc(Cl)cc(Cl)c1)S(=O)(=O)c1ccc(C)cc1. The number of aryl methyl sites for hydroxylation is 1. The summed E-state index contributed by atoms with van der Waals surface area (Å²) in [7, 11) is -4.28. The second-order valence-electron chi connectivity index (χ2n) is 11.1. The Morgan fingerprint density at radius 1 is 0.870 bits per heavy atom. The van der Waals surface area contributed by atoms with Gasteiger partial charge in [0.15, 0.2) is 0 Å². The standard InChI is InChI=1S/C35H36BrCl2N3O4S/c1-4-25(3)39-35(43)33(18-26-8-6-5-7-9-26)40(22-27-12-14-28(36)15-13-27)34(42)23-41(31-20-29(37)19-30(38)21-31)46(44,45)32-16-10-24(2)11-17-32/h5-17,19-21,25,33H,4,18,22-23H2,1-3H3,(H,39,43)/t25-,33-/m0/s1. The molecule has 0 saturated carbocycles. The van der Waals surface area contributed by atoms with E-state index >= 15 is 0 Å². The Balaban J connectivity index is 1.83. The molecule has 0 unspecified atom stereocenters. The molecule has 0 spiro atoms. The first-order valence-corrected chi connectivity index (χ1v) is 17.8. The predicted octanol–water partition coefficient (Wildman–Crippen LogP) is 7.81. The second-order valence-corrected chi connectivity index (χ2v) is 14.8. The van der Waals surface area contributed by atoms with E-state index in [0.29, 0.717) is 6.42 Å². The molecule has 0 aliphatic carbocycles. The molecule has 0 aromatic heterocycles. The number of hydrogen-bond donors (Lipinski definition) is 1. The van der Waals surface area contributed by atoms with Crippen LogP contribution in [0.5, 0.6) is 0 Å². The maximum Gasteiger partial charge on any atom is 0.264 e. The molecule has 11 heteroatoms. The van der Waals surface area contributed by atoms with Gasteiger partial charge in [0, 0.05) is 33.5 Å². The van der Waals surface area contributed by atoms with E-state index in [-0.39, 0.29) is 45.5 Å². The first-order valence-electron chi connectivity index (χ1n) is 14.8. The highest BCUT2D eigenvalue weighted by Crippen LogP contribution is 2.30. The third-order valence-corrected chi connectivity index (χ3v) is 10.3. The van der Waals surface area contributed by atoms with Gasteiger partial charge < -0.3 is 10.2 Å². The van der Waals surface area contributed by atoms with Crippen LogP contribution in [-0.2, 0) is 32.6 Å². The molecule has 2 amide bonds. The van der Waals surface area contributed by atoms with Crippen molar-refractivity contribution in [3.8, 4) is 0 Å². The van der Waals surface area contributed by atoms with Crippen molar-refractivity contribution in [2.75, 3.05) is 10.8 Å². The Hall–Kier alpha value is -3.37. The average molecular weight is 746 g/mol. The quantitative estimate of drug-likeness (QED) is 0.151. The Morgan fingerprint density at radius 2 is 1.48 bits per heavy atom. The molecule has 0 fully saturated rings. The summed E-state index contributed by atoms with van der Waals surface area (Å²) in [5, 5.41) is 3.45. The summed E-state index contributed by atoms with van der Waals surface area (Å²) in [6.45, 7) is 5.17. The fraction of sp³-hybridized carbons (Fsp3) is 0.257. The third-order valence-electron chi connectivity index (χ3n) is 7.56. The minimum atomic E-state index is -4.28. The number of anilines is 1. The van der Waals surface area contributed by atoms with E-state index in [2.05, 4.69) is 21.2 Å². The lowest BCUT2D eigenvalue weighted by molar-refractivity contribution is -0.140. The van der Waals surface area contributed by atoms with Crippen LogP contribution >= 0.6 is 39.1 Å². The van der Waals surface area contributed by atoms with E-state index in [1.165, 1.54) is 35.2 Å². The van der Waals surface area contributed by atoms with Gasteiger partial charge in [-0.05, 0) is 73.9 Å². The molecule has 4 rings (SSSR count). The Kier molecular flexibility index (Phi) is 12.3. The minimum absolute atomic E-state index is 0.00296. The first kappa shape index (κ1) is 35.5. The summed E-state index contributed by atoms with van der Waals surface area (Å²) in [5.74, 6) is -0.905. The van der Waals surface area contributed by atoms with Gasteiger partial charge in [0.25, 0.3) is 10.0 Å². The molecule has 0 saturated heterocycles. The molecular weight excluding hydrogens is 709 g/mol. The summed E-state index contributed by atoms with van der Waals surface area (Å²) in [4.78, 5) is 29.9. The molecule has 0 radical (unpaired) electrons. The fourth-order valence-corrected chi connectivity index (χ4v) is 7.01. The van der Waals surface area contributed by atoms with Crippen LogP contribution in [0, 0.1) is 6.92 Å². The number of carbonyl (C=O) groups excluding carboxylic acids is 2. The van der Waals surface area contributed by atoms with Crippen LogP contribution in [0.1, 0.15) is 37.0 Å². The molecule has 4 aromatic carbocycles. The number of nitrogens with zero attached hydrogens (tertiary/aromatic N) is 2. The van der Waals surface area contributed by atoms with Crippen LogP contribution in [0.2, 0.25) is 10.0 Å². The van der Waals surface area contributed by atoms with Gasteiger partial charge in [-0.2, -0.15) is 0 Å². The zero-order valence-electron chi connectivity index (χ0n) is 25.8. The number of benzene rings is 4. The van der Waals surface area contributed by atoms with Crippen LogP contribution in [0.15, 0.2) is 106 Å². The normalized spacial score (nSPS) is 12.7. The Morgan fingerprint density at radius 3 is 2.07 bits per heavy atom. The van der Waals surface area contributed by atoms with Gasteiger partial charge in [0.1, 0.15) is 12.6 Å². The number of nitrogens with one attached hydrogen (secondary N) is 1. The highest BCUT2D eigenvalue weighted by molar-refractivity contribution is 9.10. The van der Waals surface area contributed by atoms with E-state index in [9.17, 15) is 18.0 Å². The van der Waals surface area contributed by atoms with Gasteiger partial charge in [0.05, 0.1) is 10.6 Å². The van der Waals surface area contributed by atoms with Crippen molar-refractivity contribution in [3.05, 3.63) is 128 Å². The van der Waals surface area contributed by atoms with Gasteiger partial charge in [-0.15, -0.1) is 0 Å². The smallest absolute Gasteiger partial charge is 0.264 e. The van der Waals surface area contributed by atoms with E-state index in [4.69, 9.17) is 23.2 Å². The first-order chi connectivity index (χ1) is 21.9. The zero-order valence-corrected chi connectivity index (χ0v) is 29.7. The van der Waals surface area contributed by atoms with E-state index in [1.807, 2.05) is 75.4 Å². The molecule has 7 nitrogen and oxygen atoms in total. The summed E-state index contributed by atoms with van der Waals surface area (Å²) < 4.78 is 30.2. The van der Waals surface area contributed by atoms with Crippen molar-refractivity contribution in [2.24, 2.45) is 0 Å². The molecule has 46 heavy (non-hydrogen) atoms. The second kappa shape index (κ2) is 16.0. The number of amides is 2. The number of halogens is 3. The Labute approximate surface area is 289 Å². The number of carbonyl (C=O) groups is 2. The maximum atomic E-state index is 14.6. The Bertz CT molecular complexity index is 1740. The lowest BCUT2D eigenvalue weighted by Gasteiger charge is -2.34. The molecule has 242 valence electrons. The molecular formula is C35H36BrCl2N3O4S. The van der Waals surface area contributed by atoms with Crippen molar-refractivity contribution in [1.82, 2.24) is 10.2 Å². The van der Waals surface area contributed by atoms with Crippen molar-refractivity contribution in [2.45, 2.75) is 57.1 Å². The lowest BCUT2D eigenvalue weighted by atomic mass is 10.0. The predicted molar refractivity (Wildman–Crippen MR) is 189 cm³/mol. The van der Waals surface area contributed by atoms with Crippen molar-refractivity contribution < 1.29 is 18.0 Å². The molecule has 4 aromatic rings. The summed E-state index contributed by atoms with van der Waals surface area (Å²) in [5.41, 5.74) is 2.62. The molecule has 0 aliphatic rings. The summed E-state index contributed by atoms with van der Waals surface area (Å²) in [6, 6.07) is 26.5. The van der Waals surface area contributed by atoms with Gasteiger partial charge in [0.2, 0.25) is 11.8 Å². The fourth-order valence-electron chi connectivity index (χ4n) is 4.83. The molecule has 0 heterocycles. The number of sulfonamides is 1. The summed E-state index contributed by atoms with van der Waals surface area (Å²) in [6.07, 6.45) is 0.918. The van der Waals surface area contributed by atoms with Crippen molar-refractivity contribution >= 4 is 66.7 Å². The van der Waals surface area contributed by atoms with Crippen LogP contribution < -0.4 is 9.62 Å². The molecule has 0 aliphatic heterocycles. The molecule has 1 N–H and O–H groups in total. The van der Waals surface area contributed by atoms with Crippen LogP contribution in [0.3, 0.4) is 0 Å². The zero-order chi connectivity index (χ0) is 33.4. The monoisotopic (exact) mass is 743 g/mol. The van der Waals surface area contributed by atoms with E-state index < -0.39 is 28.5 Å². The van der Waals surface area contributed by atoms with E-state index in [0.717, 1.165) is 25.5 Å². The third kappa shape index (κ3) is 9.35. The topological polar surface area (TPSA) is 86.8 Å². The highest BCUT2D eigenvalue weighted by atomic mass is 79.9. The van der Waals surface area contributed by atoms with Gasteiger partial charge in [-0.3, -0.25) is 13.9 Å². The number of hydrogen-bond acceptors (Lipinski definition) is 4. The van der Waals surface area contributed by atoms with Gasteiger partial charge >= 0.3 is 0 Å². The van der Waals surface area contributed by atoms with E-state index in [1.54, 1.807) is 12.1 Å². The molecule has 0 bridgehead atoms. The molecule has 2 atom stereocenters. The summed E-state index contributed by atoms with van der Waals surface area (Å²) >= 11 is 16.1. The van der Waals surface area contributed by atoms with Crippen LogP contribution in [0.4, 0.5) is 5.69 Å². The van der Waals surface area contributed by atoms with Gasteiger partial charge in [-0.1, -0.05) is 106 Å². The van der Waals surface area contributed by atoms with Crippen LogP contribution in [-0.4, -0.2) is 43.8 Å². The average Bonchev–Trinajstić information content (AvgIpc) is 3.02. The maximum absolute atomic E-state index is 14.6. The highest BCUT2D eigenvalue weighted by Gasteiger charge is 2.35. The largest absolute Gasteiger partial charge is 0.352 e. The van der Waals surface area contributed by atoms with Gasteiger partial charge in [-0.25, -0.2) is 8.42 Å². The minimum Gasteiger partial charge on any atom is -0.352 e. The van der Waals surface area contributed by atoms with Crippen molar-refractivity contribution in [1.29, 1.82) is 0 Å². The lowest BCUT2D eigenvalue weighted by Crippen LogP contribution is -2.54. The van der Waals surface area contributed by atoms with Crippen molar-refractivity contribution in [3.63, 3.8) is 0 Å². The number of rotatable bonds is 13. The van der Waals surface area contributed by atoms with Crippen LogP contribution in [0.25, 0.3) is 0 Å².